The highest BCUT2D eigenvalue weighted by Gasteiger charge is 2.46. The molecule has 0 aromatic heterocycles. The summed E-state index contributed by atoms with van der Waals surface area (Å²) in [7, 11) is 3.10. The van der Waals surface area contributed by atoms with Crippen molar-refractivity contribution in [3.63, 3.8) is 0 Å². The molecule has 5 rings (SSSR count). The minimum atomic E-state index is -0.845. The van der Waals surface area contributed by atoms with Gasteiger partial charge < -0.3 is 33.7 Å². The number of amides is 1. The number of benzene rings is 3. The summed E-state index contributed by atoms with van der Waals surface area (Å²) < 4.78 is 28.0. The van der Waals surface area contributed by atoms with Gasteiger partial charge in [-0.2, -0.15) is 0 Å². The summed E-state index contributed by atoms with van der Waals surface area (Å²) in [6.45, 7) is 1.82. The third kappa shape index (κ3) is 5.46. The second kappa shape index (κ2) is 12.1. The number of carbonyl (C=O) groups excluding carboxylic acids is 2. The standard InChI is InChI=1S/C31H31NO8/c1-36-14-6-13-32-28(21-9-11-23(25(17-21)37-2)40-19-20-7-4-3-5-8-20)27(30(34)31(32)35)29(33)22-10-12-24-26(18-22)39-16-15-38-24/h3-5,7-12,17-18,28,33H,6,13-16,19H2,1-2H3/t28-/m0/s1. The van der Waals surface area contributed by atoms with E-state index in [1.807, 2.05) is 30.3 Å². The normalized spacial score (nSPS) is 17.6. The number of aliphatic hydroxyl groups excluding tert-OH is 1. The summed E-state index contributed by atoms with van der Waals surface area (Å²) in [5, 5.41) is 11.4. The van der Waals surface area contributed by atoms with Gasteiger partial charge in [-0.15, -0.1) is 0 Å². The van der Waals surface area contributed by atoms with Crippen LogP contribution in [0.2, 0.25) is 0 Å². The van der Waals surface area contributed by atoms with Crippen LogP contribution in [0.15, 0.2) is 72.3 Å². The summed E-state index contributed by atoms with van der Waals surface area (Å²) in [4.78, 5) is 28.1. The molecule has 2 aliphatic heterocycles. The van der Waals surface area contributed by atoms with Gasteiger partial charge in [-0.25, -0.2) is 0 Å². The average Bonchev–Trinajstić information content (AvgIpc) is 3.25. The van der Waals surface area contributed by atoms with Gasteiger partial charge in [0.25, 0.3) is 11.7 Å². The van der Waals surface area contributed by atoms with Crippen molar-refractivity contribution in [3.05, 3.63) is 89.0 Å². The van der Waals surface area contributed by atoms with Crippen molar-refractivity contribution < 1.29 is 38.4 Å². The van der Waals surface area contributed by atoms with Crippen molar-refractivity contribution in [2.75, 3.05) is 40.6 Å². The Labute approximate surface area is 232 Å². The van der Waals surface area contributed by atoms with Crippen molar-refractivity contribution in [1.82, 2.24) is 4.90 Å². The Hall–Kier alpha value is -4.50. The van der Waals surface area contributed by atoms with Crippen LogP contribution in [-0.2, 0) is 20.9 Å². The lowest BCUT2D eigenvalue weighted by atomic mass is 9.94. The Morgan fingerprint density at radius 2 is 1.73 bits per heavy atom. The Balaban J connectivity index is 1.53. The second-order valence-corrected chi connectivity index (χ2v) is 9.38. The van der Waals surface area contributed by atoms with Crippen molar-refractivity contribution in [2.24, 2.45) is 0 Å². The molecule has 0 radical (unpaired) electrons. The molecule has 0 unspecified atom stereocenters. The Bertz CT molecular complexity index is 1420. The minimum absolute atomic E-state index is 0.0147. The van der Waals surface area contributed by atoms with E-state index in [1.54, 1.807) is 43.5 Å². The van der Waals surface area contributed by atoms with Crippen LogP contribution >= 0.6 is 0 Å². The number of nitrogens with zero attached hydrogens (tertiary/aromatic N) is 1. The van der Waals surface area contributed by atoms with E-state index in [0.29, 0.717) is 67.0 Å². The zero-order chi connectivity index (χ0) is 28.1. The van der Waals surface area contributed by atoms with E-state index in [-0.39, 0.29) is 17.9 Å². The van der Waals surface area contributed by atoms with E-state index in [2.05, 4.69) is 0 Å². The number of aliphatic hydroxyl groups is 1. The molecule has 9 nitrogen and oxygen atoms in total. The highest BCUT2D eigenvalue weighted by atomic mass is 16.6. The first-order valence-electron chi connectivity index (χ1n) is 13.0. The van der Waals surface area contributed by atoms with E-state index in [4.69, 9.17) is 23.7 Å². The molecule has 2 aliphatic rings. The smallest absolute Gasteiger partial charge is 0.295 e. The van der Waals surface area contributed by atoms with Gasteiger partial charge in [0.15, 0.2) is 23.0 Å². The van der Waals surface area contributed by atoms with Crippen molar-refractivity contribution in [2.45, 2.75) is 19.1 Å². The third-order valence-corrected chi connectivity index (χ3v) is 6.84. The number of methoxy groups -OCH3 is 2. The number of hydrogen-bond acceptors (Lipinski definition) is 8. The van der Waals surface area contributed by atoms with Crippen LogP contribution in [0.3, 0.4) is 0 Å². The molecule has 1 saturated heterocycles. The molecular weight excluding hydrogens is 514 g/mol. The molecule has 0 saturated carbocycles. The summed E-state index contributed by atoms with van der Waals surface area (Å²) in [5.41, 5.74) is 1.93. The molecule has 1 N–H and O–H groups in total. The van der Waals surface area contributed by atoms with Gasteiger partial charge in [-0.3, -0.25) is 9.59 Å². The molecule has 0 aliphatic carbocycles. The number of carbonyl (C=O) groups is 2. The number of ketones is 1. The van der Waals surface area contributed by atoms with Crippen LogP contribution in [0.5, 0.6) is 23.0 Å². The van der Waals surface area contributed by atoms with Gasteiger partial charge in [-0.1, -0.05) is 36.4 Å². The molecule has 40 heavy (non-hydrogen) atoms. The van der Waals surface area contributed by atoms with Crippen molar-refractivity contribution in [3.8, 4) is 23.0 Å². The Kier molecular flexibility index (Phi) is 8.21. The topological polar surface area (TPSA) is 104 Å². The lowest BCUT2D eigenvalue weighted by molar-refractivity contribution is -0.140. The minimum Gasteiger partial charge on any atom is -0.507 e. The number of Topliss-reactive ketones (excluding diaryl/α,β-unsaturated/α-hetero) is 1. The first kappa shape index (κ1) is 27.1. The molecule has 1 amide bonds. The molecule has 3 aromatic carbocycles. The Morgan fingerprint density at radius 1 is 0.950 bits per heavy atom. The quantitative estimate of drug-likeness (QED) is 0.172. The number of hydrogen-bond donors (Lipinski definition) is 1. The van der Waals surface area contributed by atoms with Gasteiger partial charge in [0.1, 0.15) is 25.6 Å². The van der Waals surface area contributed by atoms with Crippen molar-refractivity contribution in [1.29, 1.82) is 0 Å². The van der Waals surface area contributed by atoms with Gasteiger partial charge in [0, 0.05) is 25.8 Å². The maximum Gasteiger partial charge on any atom is 0.295 e. The Morgan fingerprint density at radius 3 is 2.48 bits per heavy atom. The molecule has 208 valence electrons. The van der Waals surface area contributed by atoms with Crippen LogP contribution in [0.4, 0.5) is 0 Å². The molecular formula is C31H31NO8. The molecule has 0 spiro atoms. The number of fused-ring (bicyclic) bond motifs is 1. The highest BCUT2D eigenvalue weighted by molar-refractivity contribution is 6.46. The highest BCUT2D eigenvalue weighted by Crippen LogP contribution is 2.43. The van der Waals surface area contributed by atoms with Crippen LogP contribution in [-0.4, -0.2) is 62.3 Å². The zero-order valence-corrected chi connectivity index (χ0v) is 22.4. The van der Waals surface area contributed by atoms with E-state index in [0.717, 1.165) is 5.56 Å². The van der Waals surface area contributed by atoms with Crippen molar-refractivity contribution >= 4 is 17.4 Å². The summed E-state index contributed by atoms with van der Waals surface area (Å²) >= 11 is 0. The van der Waals surface area contributed by atoms with Crippen LogP contribution in [0.25, 0.3) is 5.76 Å². The van der Waals surface area contributed by atoms with E-state index < -0.39 is 17.7 Å². The second-order valence-electron chi connectivity index (χ2n) is 9.38. The van der Waals surface area contributed by atoms with Gasteiger partial charge in [0.05, 0.1) is 18.7 Å². The van der Waals surface area contributed by atoms with Crippen LogP contribution in [0, 0.1) is 0 Å². The molecule has 1 fully saturated rings. The largest absolute Gasteiger partial charge is 0.507 e. The SMILES string of the molecule is COCCCN1C(=O)C(=O)C(=C(O)c2ccc3c(c2)OCCO3)[C@@H]1c1ccc(OCc2ccccc2)c(OC)c1. The van der Waals surface area contributed by atoms with Crippen LogP contribution in [0.1, 0.15) is 29.2 Å². The lowest BCUT2D eigenvalue weighted by Gasteiger charge is -2.26. The maximum absolute atomic E-state index is 13.4. The van der Waals surface area contributed by atoms with E-state index >= 15 is 0 Å². The van der Waals surface area contributed by atoms with E-state index in [1.165, 1.54) is 12.0 Å². The summed E-state index contributed by atoms with van der Waals surface area (Å²) in [6.07, 6.45) is 0.513. The predicted octanol–water partition coefficient (Wildman–Crippen LogP) is 4.50. The fourth-order valence-corrected chi connectivity index (χ4v) is 4.89. The summed E-state index contributed by atoms with van der Waals surface area (Å²) in [5.74, 6) is 0.214. The molecule has 1 atom stereocenters. The third-order valence-electron chi connectivity index (χ3n) is 6.84. The van der Waals surface area contributed by atoms with Gasteiger partial charge >= 0.3 is 0 Å². The monoisotopic (exact) mass is 545 g/mol. The fourth-order valence-electron chi connectivity index (χ4n) is 4.89. The zero-order valence-electron chi connectivity index (χ0n) is 22.4. The first-order valence-corrected chi connectivity index (χ1v) is 13.0. The maximum atomic E-state index is 13.4. The molecule has 0 bridgehead atoms. The molecule has 3 aromatic rings. The number of likely N-dealkylation sites (tertiary alicyclic amines) is 1. The first-order chi connectivity index (χ1) is 19.5. The predicted molar refractivity (Wildman–Crippen MR) is 147 cm³/mol. The molecule has 2 heterocycles. The van der Waals surface area contributed by atoms with E-state index in [9.17, 15) is 14.7 Å². The number of ether oxygens (including phenoxy) is 5. The van der Waals surface area contributed by atoms with Crippen LogP contribution < -0.4 is 18.9 Å². The molecule has 9 heteroatoms. The fraction of sp³-hybridized carbons (Fsp3) is 0.290. The average molecular weight is 546 g/mol. The van der Waals surface area contributed by atoms with Gasteiger partial charge in [0.2, 0.25) is 0 Å². The number of rotatable bonds is 10. The van der Waals surface area contributed by atoms with Gasteiger partial charge in [-0.05, 0) is 47.9 Å². The lowest BCUT2D eigenvalue weighted by Crippen LogP contribution is -2.31. The summed E-state index contributed by atoms with van der Waals surface area (Å²) in [6, 6.07) is 19.1.